The lowest BCUT2D eigenvalue weighted by Gasteiger charge is -2.54. The molecule has 25 heavy (non-hydrogen) atoms. The van der Waals surface area contributed by atoms with Gasteiger partial charge in [0.05, 0.1) is 12.8 Å². The lowest BCUT2D eigenvalue weighted by molar-refractivity contribution is -0.00824. The summed E-state index contributed by atoms with van der Waals surface area (Å²) in [6.45, 7) is 4.96. The monoisotopic (exact) mass is 377 g/mol. The summed E-state index contributed by atoms with van der Waals surface area (Å²) in [5.74, 6) is 0.620. The zero-order valence-electron chi connectivity index (χ0n) is 14.6. The molecule has 142 valence electrons. The molecule has 2 bridgehead atoms. The van der Waals surface area contributed by atoms with Crippen molar-refractivity contribution in [3.05, 3.63) is 29.3 Å². The van der Waals surface area contributed by atoms with Crippen molar-refractivity contribution in [3.8, 4) is 5.75 Å². The Labute approximate surface area is 147 Å². The van der Waals surface area contributed by atoms with Crippen LogP contribution in [0.5, 0.6) is 5.75 Å². The average Bonchev–Trinajstić information content (AvgIpc) is 2.45. The van der Waals surface area contributed by atoms with E-state index in [1.165, 1.54) is 11.1 Å². The molecule has 1 aromatic carbocycles. The number of fused-ring (bicyclic) bond motifs is 4. The number of nitrogens with zero attached hydrogens (tertiary/aromatic N) is 1. The van der Waals surface area contributed by atoms with E-state index in [4.69, 9.17) is 4.55 Å². The summed E-state index contributed by atoms with van der Waals surface area (Å²) < 4.78 is 51.3. The Balaban J connectivity index is 0.000000399. The highest BCUT2D eigenvalue weighted by atomic mass is 32.2. The van der Waals surface area contributed by atoms with Crippen LogP contribution in [0.2, 0.25) is 0 Å². The maximum atomic E-state index is 12.7. The number of likely N-dealkylation sites (tertiary alicyclic amines) is 1. The van der Waals surface area contributed by atoms with Gasteiger partial charge in [-0.25, -0.2) is 8.78 Å². The van der Waals surface area contributed by atoms with E-state index in [2.05, 4.69) is 13.8 Å². The number of phenols is 1. The summed E-state index contributed by atoms with van der Waals surface area (Å²) in [6.07, 6.45) is 0.118. The maximum Gasteiger partial charge on any atom is 0.261 e. The lowest BCUT2D eigenvalue weighted by Crippen LogP contribution is -2.58. The summed E-state index contributed by atoms with van der Waals surface area (Å²) in [6, 6.07) is 5.70. The number of aromatic hydroxyl groups is 1. The molecule has 0 spiro atoms. The molecule has 1 saturated heterocycles. The van der Waals surface area contributed by atoms with Gasteiger partial charge in [0, 0.05) is 6.04 Å². The van der Waals surface area contributed by atoms with Crippen LogP contribution in [0.4, 0.5) is 8.78 Å². The van der Waals surface area contributed by atoms with Gasteiger partial charge in [-0.15, -0.1) is 0 Å². The number of rotatable bonds is 2. The highest BCUT2D eigenvalue weighted by molar-refractivity contribution is 7.85. The third-order valence-electron chi connectivity index (χ3n) is 5.48. The van der Waals surface area contributed by atoms with Crippen LogP contribution in [-0.2, 0) is 22.0 Å². The van der Waals surface area contributed by atoms with Gasteiger partial charge in [0.2, 0.25) is 0 Å². The van der Waals surface area contributed by atoms with Crippen molar-refractivity contribution in [3.63, 3.8) is 0 Å². The van der Waals surface area contributed by atoms with Crippen LogP contribution in [0, 0.1) is 5.92 Å². The molecule has 5 nitrogen and oxygen atoms in total. The number of phenolic OH excluding ortho intramolecular Hbond substituents is 1. The van der Waals surface area contributed by atoms with Crippen LogP contribution in [0.1, 0.15) is 31.4 Å². The molecular formula is C17H25F2NO4S. The van der Waals surface area contributed by atoms with E-state index in [1.807, 2.05) is 17.0 Å². The van der Waals surface area contributed by atoms with Crippen molar-refractivity contribution in [2.45, 2.75) is 44.6 Å². The quantitative estimate of drug-likeness (QED) is 0.775. The molecule has 3 atom stereocenters. The van der Waals surface area contributed by atoms with Gasteiger partial charge in [-0.3, -0.25) is 9.45 Å². The minimum atomic E-state index is -3.67. The van der Waals surface area contributed by atoms with Crippen molar-refractivity contribution in [2.75, 3.05) is 19.3 Å². The highest BCUT2D eigenvalue weighted by Crippen LogP contribution is 2.49. The Hall–Kier alpha value is -1.25. The Kier molecular flexibility index (Phi) is 5.75. The van der Waals surface area contributed by atoms with Crippen LogP contribution in [0.15, 0.2) is 18.2 Å². The molecule has 0 saturated carbocycles. The highest BCUT2D eigenvalue weighted by Gasteiger charge is 2.48. The SMILES string of the molecule is CS(=O)(=O)O.C[C@H]1C2Cc3ccc(O)cc3[C@@]1(C)CCN2CC(F)F. The Bertz CT molecular complexity index is 717. The zero-order chi connectivity index (χ0) is 19.0. The van der Waals surface area contributed by atoms with Crippen LogP contribution < -0.4 is 0 Å². The number of hydrogen-bond donors (Lipinski definition) is 2. The number of piperidine rings is 1. The minimum absolute atomic E-state index is 0.0182. The normalized spacial score (nSPS) is 28.9. The second-order valence-corrected chi connectivity index (χ2v) is 8.65. The molecule has 1 fully saturated rings. The second-order valence-electron chi connectivity index (χ2n) is 7.19. The summed E-state index contributed by atoms with van der Waals surface area (Å²) in [7, 11) is -3.67. The van der Waals surface area contributed by atoms with E-state index in [9.17, 15) is 22.3 Å². The van der Waals surface area contributed by atoms with Gasteiger partial charge in [0.15, 0.2) is 0 Å². The number of benzene rings is 1. The van der Waals surface area contributed by atoms with Crippen LogP contribution in [-0.4, -0.2) is 54.8 Å². The topological polar surface area (TPSA) is 77.8 Å². The molecule has 1 aliphatic carbocycles. The third kappa shape index (κ3) is 4.68. The molecule has 0 aromatic heterocycles. The second kappa shape index (κ2) is 7.17. The number of halogens is 2. The van der Waals surface area contributed by atoms with Crippen LogP contribution >= 0.6 is 0 Å². The summed E-state index contributed by atoms with van der Waals surface area (Å²) in [4.78, 5) is 1.95. The fourth-order valence-electron chi connectivity index (χ4n) is 4.10. The van der Waals surface area contributed by atoms with E-state index in [0.717, 1.165) is 12.8 Å². The molecule has 3 rings (SSSR count). The van der Waals surface area contributed by atoms with E-state index in [-0.39, 0.29) is 18.0 Å². The predicted octanol–water partition coefficient (Wildman–Crippen LogP) is 2.69. The lowest BCUT2D eigenvalue weighted by atomic mass is 9.59. The first kappa shape index (κ1) is 20.1. The average molecular weight is 377 g/mol. The van der Waals surface area contributed by atoms with Crippen molar-refractivity contribution >= 4 is 10.1 Å². The molecule has 2 N–H and O–H groups in total. The van der Waals surface area contributed by atoms with Crippen molar-refractivity contribution in [2.24, 2.45) is 5.92 Å². The molecule has 1 heterocycles. The molecule has 1 unspecified atom stereocenters. The van der Waals surface area contributed by atoms with Gasteiger partial charge in [-0.1, -0.05) is 19.9 Å². The van der Waals surface area contributed by atoms with Crippen molar-refractivity contribution in [1.82, 2.24) is 4.90 Å². The van der Waals surface area contributed by atoms with Crippen LogP contribution in [0.25, 0.3) is 0 Å². The molecule has 0 radical (unpaired) electrons. The van der Waals surface area contributed by atoms with E-state index in [0.29, 0.717) is 24.5 Å². The molecule has 8 heteroatoms. The van der Waals surface area contributed by atoms with Crippen LogP contribution in [0.3, 0.4) is 0 Å². The Morgan fingerprint density at radius 1 is 1.40 bits per heavy atom. The number of hydrogen-bond acceptors (Lipinski definition) is 4. The Morgan fingerprint density at radius 3 is 2.56 bits per heavy atom. The van der Waals surface area contributed by atoms with Gasteiger partial charge in [0.25, 0.3) is 16.5 Å². The minimum Gasteiger partial charge on any atom is -0.508 e. The van der Waals surface area contributed by atoms with Gasteiger partial charge < -0.3 is 5.11 Å². The van der Waals surface area contributed by atoms with Crippen molar-refractivity contribution < 1.29 is 26.9 Å². The first-order valence-electron chi connectivity index (χ1n) is 8.19. The fourth-order valence-corrected chi connectivity index (χ4v) is 4.10. The molecular weight excluding hydrogens is 352 g/mol. The smallest absolute Gasteiger partial charge is 0.261 e. The van der Waals surface area contributed by atoms with Crippen molar-refractivity contribution in [1.29, 1.82) is 0 Å². The number of alkyl halides is 2. The first-order chi connectivity index (χ1) is 11.4. The first-order valence-corrected chi connectivity index (χ1v) is 10.0. The van der Waals surface area contributed by atoms with E-state index < -0.39 is 16.5 Å². The van der Waals surface area contributed by atoms with E-state index in [1.54, 1.807) is 6.07 Å². The van der Waals surface area contributed by atoms with Gasteiger partial charge in [-0.2, -0.15) is 8.42 Å². The van der Waals surface area contributed by atoms with E-state index >= 15 is 0 Å². The maximum absolute atomic E-state index is 12.7. The third-order valence-corrected chi connectivity index (χ3v) is 5.48. The zero-order valence-corrected chi connectivity index (χ0v) is 15.4. The van der Waals surface area contributed by atoms with Gasteiger partial charge >= 0.3 is 0 Å². The molecule has 2 aliphatic rings. The Morgan fingerprint density at radius 2 is 2.00 bits per heavy atom. The molecule has 0 amide bonds. The predicted molar refractivity (Wildman–Crippen MR) is 91.8 cm³/mol. The standard InChI is InChI=1S/C16H21F2NO.CH4O3S/c1-10-14-7-11-3-4-12(20)8-13(11)16(10,2)5-6-19(14)9-15(17)18;1-5(2,3)4/h3-4,8,10,14-15,20H,5-7,9H2,1-2H3;1H3,(H,2,3,4)/t10-,14?,16-;/m0./s1. The summed E-state index contributed by atoms with van der Waals surface area (Å²) in [5, 5.41) is 9.75. The molecule has 1 aliphatic heterocycles. The van der Waals surface area contributed by atoms with Gasteiger partial charge in [0.1, 0.15) is 5.75 Å². The fraction of sp³-hybridized carbons (Fsp3) is 0.647. The summed E-state index contributed by atoms with van der Waals surface area (Å²) in [5.41, 5.74) is 2.39. The summed E-state index contributed by atoms with van der Waals surface area (Å²) >= 11 is 0. The van der Waals surface area contributed by atoms with Gasteiger partial charge in [-0.05, 0) is 54.0 Å². The molecule has 1 aromatic rings. The largest absolute Gasteiger partial charge is 0.508 e.